The second-order valence-electron chi connectivity index (χ2n) is 5.82. The van der Waals surface area contributed by atoms with Crippen molar-refractivity contribution >= 4 is 22.8 Å². The number of nitrogens with zero attached hydrogens (tertiary/aromatic N) is 5. The summed E-state index contributed by atoms with van der Waals surface area (Å²) in [5, 5.41) is 9.26. The Bertz CT molecular complexity index is 1020. The van der Waals surface area contributed by atoms with Crippen LogP contribution in [0.3, 0.4) is 0 Å². The van der Waals surface area contributed by atoms with Crippen LogP contribution in [-0.2, 0) is 18.0 Å². The summed E-state index contributed by atoms with van der Waals surface area (Å²) in [7, 11) is 0. The van der Waals surface area contributed by atoms with Crippen LogP contribution < -0.4 is 5.56 Å². The third-order valence-corrected chi connectivity index (χ3v) is 4.31. The first-order valence-electron chi connectivity index (χ1n) is 8.32. The molecule has 0 aliphatic rings. The molecule has 3 aromatic rings. The smallest absolute Gasteiger partial charge is 0.282 e. The normalized spacial score (nSPS) is 11.0. The number of hydrogen-bond acceptors (Lipinski definition) is 5. The lowest BCUT2D eigenvalue weighted by atomic mass is 10.1. The average molecular weight is 372 g/mol. The minimum Gasteiger partial charge on any atom is -0.361 e. The third-order valence-electron chi connectivity index (χ3n) is 4.02. The molecule has 0 spiro atoms. The molecule has 7 nitrogen and oxygen atoms in total. The number of fused-ring (bicyclic) bond motifs is 1. The Kier molecular flexibility index (Phi) is 5.66. The molecule has 0 aliphatic carbocycles. The summed E-state index contributed by atoms with van der Waals surface area (Å²) < 4.78 is 8.53. The summed E-state index contributed by atoms with van der Waals surface area (Å²) in [6, 6.07) is 9.18. The number of benzene rings is 1. The van der Waals surface area contributed by atoms with E-state index in [4.69, 9.17) is 16.3 Å². The van der Waals surface area contributed by atoms with Crippen LogP contribution in [0.15, 0.2) is 35.4 Å². The van der Waals surface area contributed by atoms with Gasteiger partial charge in [0.1, 0.15) is 6.73 Å². The molecule has 0 radical (unpaired) electrons. The lowest BCUT2D eigenvalue weighted by Crippen LogP contribution is -2.23. The maximum absolute atomic E-state index is 12.8. The van der Waals surface area contributed by atoms with Gasteiger partial charge >= 0.3 is 0 Å². The first kappa shape index (κ1) is 18.1. The minimum atomic E-state index is -0.347. The zero-order chi connectivity index (χ0) is 18.5. The Hall–Kier alpha value is -2.69. The van der Waals surface area contributed by atoms with E-state index in [-0.39, 0.29) is 29.6 Å². The molecule has 0 saturated heterocycles. The van der Waals surface area contributed by atoms with E-state index in [1.165, 1.54) is 10.9 Å². The number of rotatable bonds is 7. The molecule has 0 atom stereocenters. The van der Waals surface area contributed by atoms with E-state index in [1.54, 1.807) is 22.8 Å². The fourth-order valence-corrected chi connectivity index (χ4v) is 2.80. The molecule has 3 rings (SSSR count). The first-order valence-corrected chi connectivity index (χ1v) is 8.70. The molecule has 0 aliphatic heterocycles. The molecular formula is C18H18ClN5O2. The van der Waals surface area contributed by atoms with Crippen molar-refractivity contribution in [1.29, 1.82) is 5.26 Å². The molecule has 26 heavy (non-hydrogen) atoms. The van der Waals surface area contributed by atoms with Gasteiger partial charge in [-0.15, -0.1) is 0 Å². The predicted octanol–water partition coefficient (Wildman–Crippen LogP) is 2.94. The van der Waals surface area contributed by atoms with Crippen molar-refractivity contribution in [1.82, 2.24) is 19.1 Å². The van der Waals surface area contributed by atoms with Crippen LogP contribution >= 0.6 is 11.6 Å². The highest BCUT2D eigenvalue weighted by atomic mass is 35.5. The Labute approximate surface area is 155 Å². The van der Waals surface area contributed by atoms with Gasteiger partial charge in [0, 0.05) is 6.61 Å². The Morgan fingerprint density at radius 3 is 2.92 bits per heavy atom. The van der Waals surface area contributed by atoms with E-state index >= 15 is 0 Å². The topological polar surface area (TPSA) is 85.7 Å². The Morgan fingerprint density at radius 2 is 2.15 bits per heavy atom. The fraction of sp³-hybridized carbons (Fsp3) is 0.333. The summed E-state index contributed by atoms with van der Waals surface area (Å²) >= 11 is 6.25. The number of unbranched alkanes of at least 4 members (excludes halogenated alkanes) is 1. The molecule has 8 heteroatoms. The van der Waals surface area contributed by atoms with Crippen molar-refractivity contribution in [2.45, 2.75) is 33.0 Å². The lowest BCUT2D eigenvalue weighted by Gasteiger charge is -2.10. The summed E-state index contributed by atoms with van der Waals surface area (Å²) in [6.07, 6.45) is 3.53. The largest absolute Gasteiger partial charge is 0.361 e. The van der Waals surface area contributed by atoms with E-state index < -0.39 is 0 Å². The quantitative estimate of drug-likeness (QED) is 0.470. The third kappa shape index (κ3) is 3.62. The molecule has 2 heterocycles. The molecule has 0 fully saturated rings. The monoisotopic (exact) mass is 371 g/mol. The summed E-state index contributed by atoms with van der Waals surface area (Å²) in [6.45, 7) is 3.14. The molecule has 1 aromatic carbocycles. The van der Waals surface area contributed by atoms with Crippen LogP contribution in [0.1, 0.15) is 30.9 Å². The maximum Gasteiger partial charge on any atom is 0.282 e. The van der Waals surface area contributed by atoms with Gasteiger partial charge in [-0.3, -0.25) is 13.9 Å². The highest BCUT2D eigenvalue weighted by Gasteiger charge is 2.15. The number of halogens is 1. The van der Waals surface area contributed by atoms with Crippen LogP contribution in [0.25, 0.3) is 11.2 Å². The van der Waals surface area contributed by atoms with Crippen LogP contribution in [0.2, 0.25) is 5.28 Å². The van der Waals surface area contributed by atoms with Gasteiger partial charge in [0.2, 0.25) is 5.28 Å². The van der Waals surface area contributed by atoms with E-state index in [1.807, 2.05) is 6.07 Å². The van der Waals surface area contributed by atoms with Crippen molar-refractivity contribution in [2.75, 3.05) is 6.61 Å². The second kappa shape index (κ2) is 8.13. The summed E-state index contributed by atoms with van der Waals surface area (Å²) in [5.41, 5.74) is 1.46. The molecular weight excluding hydrogens is 354 g/mol. The van der Waals surface area contributed by atoms with Gasteiger partial charge in [-0.25, -0.2) is 4.98 Å². The van der Waals surface area contributed by atoms with Gasteiger partial charge < -0.3 is 4.74 Å². The summed E-state index contributed by atoms with van der Waals surface area (Å²) in [4.78, 5) is 21.3. The van der Waals surface area contributed by atoms with Gasteiger partial charge in [-0.1, -0.05) is 31.5 Å². The average Bonchev–Trinajstić information content (AvgIpc) is 3.05. The van der Waals surface area contributed by atoms with E-state index in [9.17, 15) is 10.1 Å². The van der Waals surface area contributed by atoms with Gasteiger partial charge in [0.25, 0.3) is 5.56 Å². The van der Waals surface area contributed by atoms with Crippen LogP contribution in [-0.4, -0.2) is 25.7 Å². The molecule has 0 unspecified atom stereocenters. The van der Waals surface area contributed by atoms with E-state index in [0.29, 0.717) is 23.4 Å². The van der Waals surface area contributed by atoms with Gasteiger partial charge in [0.15, 0.2) is 11.2 Å². The van der Waals surface area contributed by atoms with Crippen LogP contribution in [0.5, 0.6) is 0 Å². The second-order valence-corrected chi connectivity index (χ2v) is 6.16. The standard InChI is InChI=1S/C18H18ClN5O2/c1-2-3-8-26-12-23-11-21-15-16(23)22-18(19)24(17(15)25)10-14-7-5-4-6-13(14)9-20/h4-7,11H,2-3,8,10,12H2,1H3. The SMILES string of the molecule is CCCCOCn1cnc2c(=O)n(Cc3ccccc3C#N)c(Cl)nc21. The fourth-order valence-electron chi connectivity index (χ4n) is 2.58. The van der Waals surface area contributed by atoms with Crippen molar-refractivity contribution in [3.05, 3.63) is 57.4 Å². The molecule has 0 saturated carbocycles. The Balaban J connectivity index is 1.94. The number of hydrogen-bond donors (Lipinski definition) is 0. The molecule has 0 bridgehead atoms. The minimum absolute atomic E-state index is 0.0468. The molecule has 0 N–H and O–H groups in total. The maximum atomic E-state index is 12.8. The highest BCUT2D eigenvalue weighted by Crippen LogP contribution is 2.15. The zero-order valence-electron chi connectivity index (χ0n) is 14.4. The van der Waals surface area contributed by atoms with E-state index in [2.05, 4.69) is 23.0 Å². The van der Waals surface area contributed by atoms with Gasteiger partial charge in [-0.2, -0.15) is 10.2 Å². The molecule has 2 aromatic heterocycles. The lowest BCUT2D eigenvalue weighted by molar-refractivity contribution is 0.0770. The summed E-state index contributed by atoms with van der Waals surface area (Å²) in [5.74, 6) is 0. The predicted molar refractivity (Wildman–Crippen MR) is 97.9 cm³/mol. The van der Waals surface area contributed by atoms with Crippen molar-refractivity contribution in [2.24, 2.45) is 0 Å². The van der Waals surface area contributed by atoms with Crippen LogP contribution in [0.4, 0.5) is 0 Å². The number of nitriles is 1. The number of ether oxygens (including phenoxy) is 1. The van der Waals surface area contributed by atoms with Gasteiger partial charge in [0.05, 0.1) is 24.5 Å². The van der Waals surface area contributed by atoms with E-state index in [0.717, 1.165) is 12.8 Å². The van der Waals surface area contributed by atoms with Crippen molar-refractivity contribution < 1.29 is 4.74 Å². The van der Waals surface area contributed by atoms with Crippen molar-refractivity contribution in [3.63, 3.8) is 0 Å². The van der Waals surface area contributed by atoms with Crippen LogP contribution in [0, 0.1) is 11.3 Å². The Morgan fingerprint density at radius 1 is 1.35 bits per heavy atom. The highest BCUT2D eigenvalue weighted by molar-refractivity contribution is 6.28. The first-order chi connectivity index (χ1) is 12.7. The molecule has 0 amide bonds. The molecule has 134 valence electrons. The van der Waals surface area contributed by atoms with Gasteiger partial charge in [-0.05, 0) is 29.7 Å². The number of aromatic nitrogens is 4. The van der Waals surface area contributed by atoms with Crippen molar-refractivity contribution in [3.8, 4) is 6.07 Å². The number of imidazole rings is 1. The zero-order valence-corrected chi connectivity index (χ0v) is 15.1.